The van der Waals surface area contributed by atoms with E-state index < -0.39 is 0 Å². The molecule has 0 saturated carbocycles. The van der Waals surface area contributed by atoms with Gasteiger partial charge in [-0.3, -0.25) is 9.59 Å². The van der Waals surface area contributed by atoms with Gasteiger partial charge in [0.1, 0.15) is 0 Å². The molecule has 1 aromatic rings. The number of piperazine rings is 1. The van der Waals surface area contributed by atoms with Crippen LogP contribution in [0.5, 0.6) is 0 Å². The standard InChI is InChI=1S/C24H38N4O2/c1-24(2,3)25-22(29)18-27-13-15-28(16-14-27)23(30)19-26-11-9-21(10-12-26)17-20-7-5-4-6-8-20/h4-8,21H,9-19H2,1-3H3,(H,25,29)/p+2. The summed E-state index contributed by atoms with van der Waals surface area (Å²) < 4.78 is 0. The van der Waals surface area contributed by atoms with E-state index in [2.05, 4.69) is 35.6 Å². The van der Waals surface area contributed by atoms with E-state index in [1.807, 2.05) is 25.7 Å². The van der Waals surface area contributed by atoms with E-state index in [0.29, 0.717) is 13.1 Å². The molecule has 2 saturated heterocycles. The van der Waals surface area contributed by atoms with Gasteiger partial charge in [0, 0.05) is 5.54 Å². The molecule has 1 aromatic carbocycles. The van der Waals surface area contributed by atoms with Crippen molar-refractivity contribution in [1.29, 1.82) is 0 Å². The minimum absolute atomic E-state index is 0.0973. The molecule has 166 valence electrons. The van der Waals surface area contributed by atoms with Crippen molar-refractivity contribution in [2.24, 2.45) is 5.92 Å². The first-order valence-electron chi connectivity index (χ1n) is 11.6. The van der Waals surface area contributed by atoms with E-state index in [-0.39, 0.29) is 17.4 Å². The maximum absolute atomic E-state index is 12.8. The van der Waals surface area contributed by atoms with Crippen LogP contribution in [-0.4, -0.2) is 74.6 Å². The van der Waals surface area contributed by atoms with Crippen LogP contribution in [-0.2, 0) is 16.0 Å². The van der Waals surface area contributed by atoms with Gasteiger partial charge in [0.05, 0.1) is 39.3 Å². The number of nitrogens with zero attached hydrogens (tertiary/aromatic N) is 1. The fourth-order valence-electron chi connectivity index (χ4n) is 4.68. The van der Waals surface area contributed by atoms with Gasteiger partial charge in [0.25, 0.3) is 11.8 Å². The van der Waals surface area contributed by atoms with Crippen molar-refractivity contribution in [3.63, 3.8) is 0 Å². The Morgan fingerprint density at radius 1 is 0.967 bits per heavy atom. The first kappa shape index (κ1) is 22.8. The molecule has 2 amide bonds. The van der Waals surface area contributed by atoms with Crippen LogP contribution in [0.25, 0.3) is 0 Å². The van der Waals surface area contributed by atoms with Crippen LogP contribution in [0.4, 0.5) is 0 Å². The van der Waals surface area contributed by atoms with E-state index in [4.69, 9.17) is 0 Å². The van der Waals surface area contributed by atoms with Gasteiger partial charge < -0.3 is 20.0 Å². The van der Waals surface area contributed by atoms with Crippen molar-refractivity contribution < 1.29 is 19.4 Å². The number of carbonyl (C=O) groups is 2. The summed E-state index contributed by atoms with van der Waals surface area (Å²) in [6, 6.07) is 10.7. The minimum Gasteiger partial charge on any atom is -0.347 e. The van der Waals surface area contributed by atoms with Crippen LogP contribution in [0.3, 0.4) is 0 Å². The van der Waals surface area contributed by atoms with Gasteiger partial charge in [0.15, 0.2) is 13.1 Å². The zero-order valence-electron chi connectivity index (χ0n) is 19.0. The van der Waals surface area contributed by atoms with Crippen LogP contribution in [0, 0.1) is 5.92 Å². The van der Waals surface area contributed by atoms with Gasteiger partial charge in [-0.15, -0.1) is 0 Å². The van der Waals surface area contributed by atoms with Crippen LogP contribution < -0.4 is 15.1 Å². The summed E-state index contributed by atoms with van der Waals surface area (Å²) in [6.45, 7) is 12.6. The SMILES string of the molecule is CC(C)(C)NC(=O)C[NH+]1CCN(C(=O)C[NH+]2CCC(Cc3ccccc3)CC2)CC1. The molecule has 0 atom stereocenters. The lowest BCUT2D eigenvalue weighted by atomic mass is 9.90. The highest BCUT2D eigenvalue weighted by atomic mass is 16.2. The van der Waals surface area contributed by atoms with Gasteiger partial charge in [-0.25, -0.2) is 0 Å². The van der Waals surface area contributed by atoms with E-state index in [0.717, 1.165) is 51.6 Å². The highest BCUT2D eigenvalue weighted by Crippen LogP contribution is 2.16. The first-order chi connectivity index (χ1) is 14.3. The van der Waals surface area contributed by atoms with Gasteiger partial charge in [-0.1, -0.05) is 30.3 Å². The van der Waals surface area contributed by atoms with Crippen LogP contribution in [0.1, 0.15) is 39.2 Å². The molecule has 0 radical (unpaired) electrons. The Kier molecular flexibility index (Phi) is 7.89. The molecule has 6 heteroatoms. The molecule has 0 aliphatic carbocycles. The molecule has 2 aliphatic heterocycles. The molecule has 3 rings (SSSR count). The van der Waals surface area contributed by atoms with Crippen molar-refractivity contribution in [3.05, 3.63) is 35.9 Å². The van der Waals surface area contributed by atoms with Gasteiger partial charge in [-0.2, -0.15) is 0 Å². The van der Waals surface area contributed by atoms with Gasteiger partial charge in [0.2, 0.25) is 0 Å². The highest BCUT2D eigenvalue weighted by molar-refractivity contribution is 5.78. The summed E-state index contributed by atoms with van der Waals surface area (Å²) in [5.41, 5.74) is 1.24. The molecule has 0 spiro atoms. The first-order valence-corrected chi connectivity index (χ1v) is 11.6. The molecule has 0 unspecified atom stereocenters. The Morgan fingerprint density at radius 2 is 1.57 bits per heavy atom. The van der Waals surface area contributed by atoms with Crippen molar-refractivity contribution in [1.82, 2.24) is 10.2 Å². The van der Waals surface area contributed by atoms with Crippen molar-refractivity contribution >= 4 is 11.8 Å². The number of benzene rings is 1. The predicted molar refractivity (Wildman–Crippen MR) is 118 cm³/mol. The quantitative estimate of drug-likeness (QED) is 0.567. The normalized spacial score (nSPS) is 23.2. The van der Waals surface area contributed by atoms with Crippen LogP contribution in [0.2, 0.25) is 0 Å². The minimum atomic E-state index is -0.189. The average molecular weight is 417 g/mol. The van der Waals surface area contributed by atoms with Crippen LogP contribution >= 0.6 is 0 Å². The van der Waals surface area contributed by atoms with E-state index in [1.54, 1.807) is 0 Å². The fourth-order valence-corrected chi connectivity index (χ4v) is 4.68. The third-order valence-corrected chi connectivity index (χ3v) is 6.33. The van der Waals surface area contributed by atoms with E-state index in [1.165, 1.54) is 28.2 Å². The summed E-state index contributed by atoms with van der Waals surface area (Å²) in [5, 5.41) is 3.03. The lowest BCUT2D eigenvalue weighted by molar-refractivity contribution is -0.900. The Bertz CT molecular complexity index is 685. The molecular weight excluding hydrogens is 376 g/mol. The summed E-state index contributed by atoms with van der Waals surface area (Å²) in [7, 11) is 0. The molecule has 2 aliphatic rings. The van der Waals surface area contributed by atoms with Crippen LogP contribution in [0.15, 0.2) is 30.3 Å². The molecule has 2 heterocycles. The van der Waals surface area contributed by atoms with E-state index >= 15 is 0 Å². The number of piperidine rings is 1. The predicted octanol–water partition coefficient (Wildman–Crippen LogP) is -0.834. The van der Waals surface area contributed by atoms with Crippen molar-refractivity contribution in [3.8, 4) is 0 Å². The summed E-state index contributed by atoms with van der Waals surface area (Å²) in [5.74, 6) is 1.13. The number of likely N-dealkylation sites (tertiary alicyclic amines) is 1. The smallest absolute Gasteiger partial charge is 0.278 e. The zero-order chi connectivity index (χ0) is 21.6. The molecular formula is C24H40N4O2+2. The summed E-state index contributed by atoms with van der Waals surface area (Å²) in [4.78, 5) is 29.6. The summed E-state index contributed by atoms with van der Waals surface area (Å²) >= 11 is 0. The zero-order valence-corrected chi connectivity index (χ0v) is 19.0. The van der Waals surface area contributed by atoms with Gasteiger partial charge in [-0.05, 0) is 51.5 Å². The number of carbonyl (C=O) groups excluding carboxylic acids is 2. The topological polar surface area (TPSA) is 58.3 Å². The highest BCUT2D eigenvalue weighted by Gasteiger charge is 2.30. The maximum atomic E-state index is 12.8. The number of rotatable bonds is 6. The number of hydrogen-bond acceptors (Lipinski definition) is 2. The Labute approximate surface area is 181 Å². The molecule has 6 nitrogen and oxygen atoms in total. The third kappa shape index (κ3) is 7.40. The Morgan fingerprint density at radius 3 is 2.17 bits per heavy atom. The maximum Gasteiger partial charge on any atom is 0.278 e. The second-order valence-electron chi connectivity index (χ2n) is 10.2. The number of hydrogen-bond donors (Lipinski definition) is 3. The van der Waals surface area contributed by atoms with Crippen molar-refractivity contribution in [2.45, 2.75) is 45.6 Å². The number of amides is 2. The number of quaternary nitrogens is 2. The second kappa shape index (κ2) is 10.4. The molecule has 30 heavy (non-hydrogen) atoms. The fraction of sp³-hybridized carbons (Fsp3) is 0.667. The lowest BCUT2D eigenvalue weighted by Gasteiger charge is -2.34. The summed E-state index contributed by atoms with van der Waals surface area (Å²) in [6.07, 6.45) is 3.58. The third-order valence-electron chi connectivity index (χ3n) is 6.33. The Balaban J connectivity index is 1.34. The van der Waals surface area contributed by atoms with Gasteiger partial charge >= 0.3 is 0 Å². The molecule has 0 aromatic heterocycles. The van der Waals surface area contributed by atoms with E-state index in [9.17, 15) is 9.59 Å². The molecule has 3 N–H and O–H groups in total. The number of nitrogens with one attached hydrogen (secondary N) is 3. The largest absolute Gasteiger partial charge is 0.347 e. The molecule has 2 fully saturated rings. The van der Waals surface area contributed by atoms with Crippen molar-refractivity contribution in [2.75, 3.05) is 52.4 Å². The monoisotopic (exact) mass is 416 g/mol. The lowest BCUT2D eigenvalue weighted by Crippen LogP contribution is -3.16. The second-order valence-corrected chi connectivity index (χ2v) is 10.2. The Hall–Kier alpha value is -1.92. The average Bonchev–Trinajstić information content (AvgIpc) is 2.69. The molecule has 0 bridgehead atoms.